The van der Waals surface area contributed by atoms with Crippen molar-refractivity contribution in [2.24, 2.45) is 11.3 Å². The van der Waals surface area contributed by atoms with Gasteiger partial charge < -0.3 is 5.11 Å². The first-order valence-electron chi connectivity index (χ1n) is 7.01. The molecule has 1 N–H and O–H groups in total. The summed E-state index contributed by atoms with van der Waals surface area (Å²) in [5, 5.41) is 8.65. The first-order chi connectivity index (χ1) is 8.94. The maximum Gasteiger partial charge on any atom is 0.303 e. The normalized spacial score (nSPS) is 23.3. The van der Waals surface area contributed by atoms with Gasteiger partial charge in [0.2, 0.25) is 11.8 Å². The Labute approximate surface area is 113 Å². The Morgan fingerprint density at radius 3 is 2.58 bits per heavy atom. The highest BCUT2D eigenvalue weighted by Crippen LogP contribution is 2.46. The molecule has 5 nitrogen and oxygen atoms in total. The van der Waals surface area contributed by atoms with Crippen molar-refractivity contribution in [3.8, 4) is 0 Å². The minimum atomic E-state index is -0.835. The van der Waals surface area contributed by atoms with Crippen LogP contribution in [0.5, 0.6) is 0 Å². The molecule has 2 aliphatic rings. The molecule has 0 bridgehead atoms. The number of aliphatic carboxylic acids is 1. The van der Waals surface area contributed by atoms with Gasteiger partial charge in [-0.15, -0.1) is 0 Å². The largest absolute Gasteiger partial charge is 0.481 e. The van der Waals surface area contributed by atoms with E-state index in [9.17, 15) is 14.4 Å². The number of carboxylic acids is 1. The second kappa shape index (κ2) is 5.31. The lowest BCUT2D eigenvalue weighted by Gasteiger charge is -2.23. The smallest absolute Gasteiger partial charge is 0.303 e. The van der Waals surface area contributed by atoms with E-state index in [0.717, 1.165) is 25.7 Å². The molecular formula is C14H21NO4. The van der Waals surface area contributed by atoms with Crippen LogP contribution in [0, 0.1) is 11.3 Å². The van der Waals surface area contributed by atoms with Crippen LogP contribution in [0.25, 0.3) is 0 Å². The van der Waals surface area contributed by atoms with Crippen molar-refractivity contribution in [2.75, 3.05) is 6.54 Å². The zero-order valence-corrected chi connectivity index (χ0v) is 11.4. The molecule has 0 radical (unpaired) electrons. The summed E-state index contributed by atoms with van der Waals surface area (Å²) >= 11 is 0. The molecule has 0 aromatic heterocycles. The van der Waals surface area contributed by atoms with Crippen molar-refractivity contribution in [1.29, 1.82) is 0 Å². The molecule has 1 unspecified atom stereocenters. The van der Waals surface area contributed by atoms with Crippen LogP contribution in [0.2, 0.25) is 0 Å². The van der Waals surface area contributed by atoms with E-state index >= 15 is 0 Å². The topological polar surface area (TPSA) is 74.7 Å². The van der Waals surface area contributed by atoms with E-state index in [2.05, 4.69) is 0 Å². The summed E-state index contributed by atoms with van der Waals surface area (Å²) in [7, 11) is 0. The van der Waals surface area contributed by atoms with Crippen molar-refractivity contribution < 1.29 is 19.5 Å². The van der Waals surface area contributed by atoms with Gasteiger partial charge in [-0.2, -0.15) is 0 Å². The second-order valence-corrected chi connectivity index (χ2v) is 6.01. The van der Waals surface area contributed by atoms with Crippen LogP contribution in [0.3, 0.4) is 0 Å². The van der Waals surface area contributed by atoms with Crippen molar-refractivity contribution in [3.63, 3.8) is 0 Å². The molecule has 1 heterocycles. The molecule has 1 saturated heterocycles. The Bertz CT molecular complexity index is 398. The van der Waals surface area contributed by atoms with Crippen molar-refractivity contribution in [2.45, 2.75) is 51.9 Å². The molecule has 1 aliphatic heterocycles. The van der Waals surface area contributed by atoms with E-state index in [1.54, 1.807) is 0 Å². The van der Waals surface area contributed by atoms with Gasteiger partial charge in [0.1, 0.15) is 0 Å². The SMILES string of the molecule is CC(CCC(=O)O)CN1C(=O)CC2(CCCC2)C1=O. The molecule has 0 aromatic rings. The summed E-state index contributed by atoms with van der Waals surface area (Å²) in [6, 6.07) is 0. The van der Waals surface area contributed by atoms with E-state index in [1.807, 2.05) is 6.92 Å². The van der Waals surface area contributed by atoms with Crippen LogP contribution in [-0.2, 0) is 14.4 Å². The number of hydrogen-bond donors (Lipinski definition) is 1. The van der Waals surface area contributed by atoms with Gasteiger partial charge in [0.15, 0.2) is 0 Å². The summed E-state index contributed by atoms with van der Waals surface area (Å²) in [6.07, 6.45) is 4.66. The number of nitrogens with zero attached hydrogens (tertiary/aromatic N) is 1. The molecule has 1 aliphatic carbocycles. The molecule has 1 spiro atoms. The Balaban J connectivity index is 1.95. The number of rotatable bonds is 5. The summed E-state index contributed by atoms with van der Waals surface area (Å²) in [5.74, 6) is -0.884. The third kappa shape index (κ3) is 2.80. The van der Waals surface area contributed by atoms with E-state index in [1.165, 1.54) is 4.90 Å². The predicted octanol–water partition coefficient (Wildman–Crippen LogP) is 1.81. The molecule has 0 aromatic carbocycles. The van der Waals surface area contributed by atoms with Gasteiger partial charge in [0.05, 0.1) is 5.41 Å². The highest BCUT2D eigenvalue weighted by molar-refractivity contribution is 6.06. The van der Waals surface area contributed by atoms with Gasteiger partial charge in [-0.25, -0.2) is 0 Å². The minimum Gasteiger partial charge on any atom is -0.481 e. The number of carbonyl (C=O) groups is 3. The standard InChI is InChI=1S/C14H21NO4/c1-10(4-5-12(17)18)9-15-11(16)8-14(13(15)19)6-2-3-7-14/h10H,2-9H2,1H3,(H,17,18). The Kier molecular flexibility index (Phi) is 3.92. The minimum absolute atomic E-state index is 0.0165. The number of hydrogen-bond acceptors (Lipinski definition) is 3. The van der Waals surface area contributed by atoms with Crippen LogP contribution >= 0.6 is 0 Å². The van der Waals surface area contributed by atoms with Crippen LogP contribution < -0.4 is 0 Å². The molecule has 2 fully saturated rings. The monoisotopic (exact) mass is 267 g/mol. The lowest BCUT2D eigenvalue weighted by atomic mass is 9.84. The third-order valence-electron chi connectivity index (χ3n) is 4.40. The number of amides is 2. The van der Waals surface area contributed by atoms with E-state index < -0.39 is 11.4 Å². The quantitative estimate of drug-likeness (QED) is 0.771. The summed E-state index contributed by atoms with van der Waals surface area (Å²) in [6.45, 7) is 2.26. The van der Waals surface area contributed by atoms with Crippen LogP contribution in [0.1, 0.15) is 51.9 Å². The maximum absolute atomic E-state index is 12.4. The second-order valence-electron chi connectivity index (χ2n) is 6.01. The van der Waals surface area contributed by atoms with Gasteiger partial charge in [-0.1, -0.05) is 19.8 Å². The van der Waals surface area contributed by atoms with Crippen molar-refractivity contribution >= 4 is 17.8 Å². The summed E-state index contributed by atoms with van der Waals surface area (Å²) < 4.78 is 0. The van der Waals surface area contributed by atoms with E-state index in [4.69, 9.17) is 5.11 Å². The first-order valence-corrected chi connectivity index (χ1v) is 7.01. The molecule has 2 rings (SSSR count). The highest BCUT2D eigenvalue weighted by Gasteiger charge is 2.52. The molecule has 5 heteroatoms. The number of likely N-dealkylation sites (tertiary alicyclic amines) is 1. The van der Waals surface area contributed by atoms with Gasteiger partial charge in [0.25, 0.3) is 0 Å². The maximum atomic E-state index is 12.4. The summed E-state index contributed by atoms with van der Waals surface area (Å²) in [5.41, 5.74) is -0.413. The third-order valence-corrected chi connectivity index (χ3v) is 4.40. The molecule has 106 valence electrons. The lowest BCUT2D eigenvalue weighted by molar-refractivity contribution is -0.142. The predicted molar refractivity (Wildman–Crippen MR) is 68.3 cm³/mol. The van der Waals surface area contributed by atoms with E-state index in [0.29, 0.717) is 19.4 Å². The number of carboxylic acid groups (broad SMARTS) is 1. The van der Waals surface area contributed by atoms with Crippen LogP contribution in [0.15, 0.2) is 0 Å². The molecular weight excluding hydrogens is 246 g/mol. The van der Waals surface area contributed by atoms with Gasteiger partial charge in [-0.05, 0) is 25.2 Å². The number of imide groups is 1. The zero-order chi connectivity index (χ0) is 14.0. The lowest BCUT2D eigenvalue weighted by Crippen LogP contribution is -2.37. The van der Waals surface area contributed by atoms with Crippen molar-refractivity contribution in [1.82, 2.24) is 4.90 Å². The molecule has 1 saturated carbocycles. The first kappa shape index (κ1) is 14.0. The van der Waals surface area contributed by atoms with Gasteiger partial charge in [0, 0.05) is 19.4 Å². The fraction of sp³-hybridized carbons (Fsp3) is 0.786. The average molecular weight is 267 g/mol. The zero-order valence-electron chi connectivity index (χ0n) is 11.4. The van der Waals surface area contributed by atoms with Crippen LogP contribution in [0.4, 0.5) is 0 Å². The molecule has 1 atom stereocenters. The Morgan fingerprint density at radius 2 is 2.00 bits per heavy atom. The van der Waals surface area contributed by atoms with Gasteiger partial charge >= 0.3 is 5.97 Å². The van der Waals surface area contributed by atoms with Gasteiger partial charge in [-0.3, -0.25) is 19.3 Å². The van der Waals surface area contributed by atoms with Crippen molar-refractivity contribution in [3.05, 3.63) is 0 Å². The Morgan fingerprint density at radius 1 is 1.37 bits per heavy atom. The molecule has 19 heavy (non-hydrogen) atoms. The highest BCUT2D eigenvalue weighted by atomic mass is 16.4. The fourth-order valence-corrected chi connectivity index (χ4v) is 3.26. The number of carbonyl (C=O) groups excluding carboxylic acids is 2. The molecule has 2 amide bonds. The summed E-state index contributed by atoms with van der Waals surface area (Å²) in [4.78, 5) is 36.3. The Hall–Kier alpha value is -1.39. The van der Waals surface area contributed by atoms with E-state index in [-0.39, 0.29) is 24.2 Å². The fourth-order valence-electron chi connectivity index (χ4n) is 3.26. The average Bonchev–Trinajstić information content (AvgIpc) is 2.89. The van der Waals surface area contributed by atoms with Crippen LogP contribution in [-0.4, -0.2) is 34.3 Å².